The van der Waals surface area contributed by atoms with Gasteiger partial charge >= 0.3 is 5.97 Å². The molecular weight excluding hydrogens is 320 g/mol. The van der Waals surface area contributed by atoms with Gasteiger partial charge in [0.1, 0.15) is 0 Å². The number of ether oxygens (including phenoxy) is 1. The van der Waals surface area contributed by atoms with Gasteiger partial charge in [-0.1, -0.05) is 0 Å². The number of carbonyl (C=O) groups excluding carboxylic acids is 2. The largest absolute Gasteiger partial charge is 0.468 e. The molecule has 1 saturated carbocycles. The lowest BCUT2D eigenvalue weighted by atomic mass is 10.1. The van der Waals surface area contributed by atoms with E-state index in [9.17, 15) is 26.8 Å². The van der Waals surface area contributed by atoms with E-state index in [1.165, 1.54) is 0 Å². The van der Waals surface area contributed by atoms with Gasteiger partial charge in [0, 0.05) is 18.0 Å². The highest BCUT2D eigenvalue weighted by atomic mass is 32.2. The Morgan fingerprint density at radius 2 is 1.95 bits per heavy atom. The van der Waals surface area contributed by atoms with E-state index in [2.05, 4.69) is 10.1 Å². The van der Waals surface area contributed by atoms with Gasteiger partial charge in [-0.15, -0.1) is 0 Å². The van der Waals surface area contributed by atoms with E-state index in [1.807, 2.05) is 0 Å². The monoisotopic (exact) mass is 333 g/mol. The molecule has 1 aliphatic carbocycles. The van der Waals surface area contributed by atoms with Crippen molar-refractivity contribution in [1.29, 1.82) is 0 Å². The molecule has 9 heteroatoms. The molecule has 1 aromatic carbocycles. The van der Waals surface area contributed by atoms with Crippen molar-refractivity contribution in [2.45, 2.75) is 11.7 Å². The van der Waals surface area contributed by atoms with Gasteiger partial charge in [-0.05, 0) is 18.6 Å². The van der Waals surface area contributed by atoms with E-state index < -0.39 is 44.0 Å². The molecule has 0 spiro atoms. The van der Waals surface area contributed by atoms with Crippen LogP contribution in [0.15, 0.2) is 18.2 Å². The van der Waals surface area contributed by atoms with E-state index in [0.717, 1.165) is 31.6 Å². The number of amides is 1. The Morgan fingerprint density at radius 3 is 2.41 bits per heavy atom. The summed E-state index contributed by atoms with van der Waals surface area (Å²) in [6.07, 6.45) is 0.696. The molecular formula is C13H13F2NO5S. The average molecular weight is 333 g/mol. The molecule has 0 radical (unpaired) electrons. The number of halogens is 2. The fraction of sp³-hybridized carbons (Fsp3) is 0.385. The molecule has 6 nitrogen and oxygen atoms in total. The molecule has 2 rings (SSSR count). The number of sulfone groups is 1. The Hall–Kier alpha value is -2.03. The summed E-state index contributed by atoms with van der Waals surface area (Å²) in [6, 6.07) is 2.63. The minimum absolute atomic E-state index is 0.0914. The third-order valence-corrected chi connectivity index (χ3v) is 5.15. The molecule has 1 amide bonds. The molecule has 1 aromatic rings. The van der Waals surface area contributed by atoms with Gasteiger partial charge in [0.2, 0.25) is 5.91 Å². The molecule has 1 N–H and O–H groups in total. The molecule has 22 heavy (non-hydrogen) atoms. The number of methoxy groups -OCH3 is 1. The normalized spacial score (nSPS) is 23.7. The molecule has 0 aromatic heterocycles. The SMILES string of the molecule is COC(=O)C1(C(=O)Nc2ccc(F)c(F)c2)CC1S(C)(=O)=O. The smallest absolute Gasteiger partial charge is 0.322 e. The zero-order valence-corrected chi connectivity index (χ0v) is 12.5. The Morgan fingerprint density at radius 1 is 1.32 bits per heavy atom. The van der Waals surface area contributed by atoms with Crippen molar-refractivity contribution in [1.82, 2.24) is 0 Å². The van der Waals surface area contributed by atoms with E-state index in [0.29, 0.717) is 0 Å². The highest BCUT2D eigenvalue weighted by molar-refractivity contribution is 7.91. The number of esters is 1. The second kappa shape index (κ2) is 5.31. The average Bonchev–Trinajstić information content (AvgIpc) is 3.19. The number of nitrogens with one attached hydrogen (secondary N) is 1. The van der Waals surface area contributed by atoms with Crippen molar-refractivity contribution in [2.24, 2.45) is 5.41 Å². The predicted octanol–water partition coefficient (Wildman–Crippen LogP) is 0.880. The van der Waals surface area contributed by atoms with Crippen LogP contribution in [0.1, 0.15) is 6.42 Å². The Bertz CT molecular complexity index is 749. The lowest BCUT2D eigenvalue weighted by Gasteiger charge is -2.14. The van der Waals surface area contributed by atoms with Crippen molar-refractivity contribution in [3.05, 3.63) is 29.8 Å². The van der Waals surface area contributed by atoms with Gasteiger partial charge in [-0.25, -0.2) is 17.2 Å². The van der Waals surface area contributed by atoms with Crippen molar-refractivity contribution in [3.8, 4) is 0 Å². The summed E-state index contributed by atoms with van der Waals surface area (Å²) >= 11 is 0. The van der Waals surface area contributed by atoms with Crippen molar-refractivity contribution < 1.29 is 31.5 Å². The minimum Gasteiger partial charge on any atom is -0.468 e. The van der Waals surface area contributed by atoms with Gasteiger partial charge in [0.25, 0.3) is 0 Å². The number of benzene rings is 1. The van der Waals surface area contributed by atoms with Crippen LogP contribution in [-0.2, 0) is 24.2 Å². The third kappa shape index (κ3) is 2.68. The molecule has 2 unspecified atom stereocenters. The Balaban J connectivity index is 2.29. The van der Waals surface area contributed by atoms with Crippen LogP contribution in [0.2, 0.25) is 0 Å². The van der Waals surface area contributed by atoms with E-state index in [1.54, 1.807) is 0 Å². The number of hydrogen-bond acceptors (Lipinski definition) is 5. The summed E-state index contributed by atoms with van der Waals surface area (Å²) in [6.45, 7) is 0. The topological polar surface area (TPSA) is 89.5 Å². The van der Waals surface area contributed by atoms with Crippen molar-refractivity contribution in [3.63, 3.8) is 0 Å². The van der Waals surface area contributed by atoms with Gasteiger partial charge in [0.05, 0.1) is 12.4 Å². The molecule has 0 aliphatic heterocycles. The van der Waals surface area contributed by atoms with Crippen LogP contribution < -0.4 is 5.32 Å². The Kier molecular flexibility index (Phi) is 3.94. The fourth-order valence-corrected chi connectivity index (χ4v) is 3.80. The summed E-state index contributed by atoms with van der Waals surface area (Å²) in [4.78, 5) is 24.1. The lowest BCUT2D eigenvalue weighted by Crippen LogP contribution is -2.37. The number of rotatable bonds is 4. The van der Waals surface area contributed by atoms with E-state index in [4.69, 9.17) is 0 Å². The fourth-order valence-electron chi connectivity index (χ4n) is 2.30. The van der Waals surface area contributed by atoms with E-state index in [-0.39, 0.29) is 12.1 Å². The van der Waals surface area contributed by atoms with Crippen LogP contribution in [0.3, 0.4) is 0 Å². The first-order chi connectivity index (χ1) is 10.1. The zero-order chi connectivity index (χ0) is 16.7. The third-order valence-electron chi connectivity index (χ3n) is 3.55. The maximum atomic E-state index is 13.1. The number of carbonyl (C=O) groups is 2. The maximum Gasteiger partial charge on any atom is 0.322 e. The van der Waals surface area contributed by atoms with Crippen LogP contribution in [0.25, 0.3) is 0 Å². The molecule has 0 bridgehead atoms. The highest BCUT2D eigenvalue weighted by Gasteiger charge is 2.71. The van der Waals surface area contributed by atoms with Crippen molar-refractivity contribution in [2.75, 3.05) is 18.7 Å². The van der Waals surface area contributed by atoms with Crippen LogP contribution >= 0.6 is 0 Å². The first-order valence-electron chi connectivity index (χ1n) is 6.16. The number of anilines is 1. The van der Waals surface area contributed by atoms with Gasteiger partial charge in [0.15, 0.2) is 26.9 Å². The van der Waals surface area contributed by atoms with Gasteiger partial charge < -0.3 is 10.1 Å². The molecule has 0 saturated heterocycles. The van der Waals surface area contributed by atoms with Crippen LogP contribution in [0.4, 0.5) is 14.5 Å². The maximum absolute atomic E-state index is 13.1. The molecule has 120 valence electrons. The second-order valence-corrected chi connectivity index (χ2v) is 7.30. The molecule has 1 fully saturated rings. The Labute approximate surface area is 125 Å². The van der Waals surface area contributed by atoms with E-state index >= 15 is 0 Å². The van der Waals surface area contributed by atoms with Crippen LogP contribution in [0.5, 0.6) is 0 Å². The summed E-state index contributed by atoms with van der Waals surface area (Å²) in [5.41, 5.74) is -1.95. The minimum atomic E-state index is -3.64. The summed E-state index contributed by atoms with van der Waals surface area (Å²) in [7, 11) is -2.61. The molecule has 1 aliphatic rings. The number of hydrogen-bond donors (Lipinski definition) is 1. The second-order valence-electron chi connectivity index (χ2n) is 5.07. The molecule has 2 atom stereocenters. The summed E-state index contributed by atoms with van der Waals surface area (Å²) in [5.74, 6) is -4.19. The predicted molar refractivity (Wildman–Crippen MR) is 72.7 cm³/mol. The van der Waals surface area contributed by atoms with Crippen LogP contribution in [-0.4, -0.2) is 38.9 Å². The lowest BCUT2D eigenvalue weighted by molar-refractivity contribution is -0.150. The summed E-state index contributed by atoms with van der Waals surface area (Å²) < 4.78 is 53.6. The molecule has 0 heterocycles. The summed E-state index contributed by atoms with van der Waals surface area (Å²) in [5, 5.41) is 1.02. The van der Waals surface area contributed by atoms with Gasteiger partial charge in [-0.2, -0.15) is 0 Å². The highest BCUT2D eigenvalue weighted by Crippen LogP contribution is 2.52. The zero-order valence-electron chi connectivity index (χ0n) is 11.7. The standard InChI is InChI=1S/C13H13F2NO5S/c1-21-12(18)13(6-10(13)22(2,19)20)11(17)16-7-3-4-8(14)9(15)5-7/h3-5,10H,6H2,1-2H3,(H,16,17). The van der Waals surface area contributed by atoms with Gasteiger partial charge in [-0.3, -0.25) is 9.59 Å². The first-order valence-corrected chi connectivity index (χ1v) is 8.12. The van der Waals surface area contributed by atoms with Crippen molar-refractivity contribution >= 4 is 27.4 Å². The first kappa shape index (κ1) is 16.3. The quantitative estimate of drug-likeness (QED) is 0.653. The van der Waals surface area contributed by atoms with Crippen LogP contribution in [0, 0.1) is 17.0 Å².